The lowest BCUT2D eigenvalue weighted by molar-refractivity contribution is 0.505. The van der Waals surface area contributed by atoms with Gasteiger partial charge >= 0.3 is 0 Å². The molecule has 3 nitrogen and oxygen atoms in total. The molecule has 0 saturated carbocycles. The Kier molecular flexibility index (Phi) is 2.48. The van der Waals surface area contributed by atoms with Crippen LogP contribution in [0.5, 0.6) is 0 Å². The van der Waals surface area contributed by atoms with Gasteiger partial charge in [-0.15, -0.1) is 0 Å². The first-order valence-electron chi connectivity index (χ1n) is 6.08. The fraction of sp³-hybridized carbons (Fsp3) is 0.357. The summed E-state index contributed by atoms with van der Waals surface area (Å²) in [6.07, 6.45) is 2.18. The molecule has 2 aromatic rings. The minimum Gasteiger partial charge on any atom is -0.332 e. The predicted octanol–water partition coefficient (Wildman–Crippen LogP) is 2.27. The Bertz CT molecular complexity index is 531. The number of hydrogen-bond acceptors (Lipinski definition) is 2. The first-order valence-corrected chi connectivity index (χ1v) is 6.08. The Morgan fingerprint density at radius 2 is 2.18 bits per heavy atom. The molecule has 0 unspecified atom stereocenters. The SMILES string of the molecule is Cc1ccc(C)c(-c2cn3c(n2)CNCC3)c1. The maximum absolute atomic E-state index is 4.72. The fourth-order valence-electron chi connectivity index (χ4n) is 2.33. The highest BCUT2D eigenvalue weighted by molar-refractivity contribution is 5.64. The molecule has 0 saturated heterocycles. The molecule has 0 aliphatic carbocycles. The van der Waals surface area contributed by atoms with Crippen LogP contribution in [-0.2, 0) is 13.1 Å². The predicted molar refractivity (Wildman–Crippen MR) is 68.8 cm³/mol. The van der Waals surface area contributed by atoms with Gasteiger partial charge in [-0.25, -0.2) is 4.98 Å². The molecular weight excluding hydrogens is 210 g/mol. The van der Waals surface area contributed by atoms with Crippen molar-refractivity contribution in [3.05, 3.63) is 41.3 Å². The van der Waals surface area contributed by atoms with Crippen LogP contribution >= 0.6 is 0 Å². The van der Waals surface area contributed by atoms with Gasteiger partial charge < -0.3 is 9.88 Å². The monoisotopic (exact) mass is 227 g/mol. The van der Waals surface area contributed by atoms with Gasteiger partial charge in [0.2, 0.25) is 0 Å². The average molecular weight is 227 g/mol. The summed E-state index contributed by atoms with van der Waals surface area (Å²) in [7, 11) is 0. The second kappa shape index (κ2) is 4.00. The van der Waals surface area contributed by atoms with Crippen LogP contribution in [0.25, 0.3) is 11.3 Å². The quantitative estimate of drug-likeness (QED) is 0.810. The summed E-state index contributed by atoms with van der Waals surface area (Å²) in [5, 5.41) is 3.35. The zero-order valence-electron chi connectivity index (χ0n) is 10.3. The standard InChI is InChI=1S/C14H17N3/c1-10-3-4-11(2)12(7-10)13-9-17-6-5-15-8-14(17)16-13/h3-4,7,9,15H,5-6,8H2,1-2H3. The molecule has 0 amide bonds. The van der Waals surface area contributed by atoms with Crippen molar-refractivity contribution < 1.29 is 0 Å². The number of nitrogens with zero attached hydrogens (tertiary/aromatic N) is 2. The molecule has 0 spiro atoms. The maximum atomic E-state index is 4.72. The van der Waals surface area contributed by atoms with Crippen molar-refractivity contribution in [3.8, 4) is 11.3 Å². The Balaban J connectivity index is 2.08. The minimum atomic E-state index is 0.880. The van der Waals surface area contributed by atoms with Gasteiger partial charge in [-0.05, 0) is 25.5 Å². The van der Waals surface area contributed by atoms with Gasteiger partial charge in [0, 0.05) is 24.8 Å². The van der Waals surface area contributed by atoms with E-state index in [0.29, 0.717) is 0 Å². The van der Waals surface area contributed by atoms with E-state index in [2.05, 4.69) is 48.1 Å². The van der Waals surface area contributed by atoms with E-state index in [1.807, 2.05) is 0 Å². The van der Waals surface area contributed by atoms with E-state index in [1.165, 1.54) is 16.7 Å². The van der Waals surface area contributed by atoms with Crippen LogP contribution in [0.4, 0.5) is 0 Å². The normalized spacial score (nSPS) is 14.7. The van der Waals surface area contributed by atoms with E-state index < -0.39 is 0 Å². The number of aryl methyl sites for hydroxylation is 2. The zero-order chi connectivity index (χ0) is 11.8. The van der Waals surface area contributed by atoms with E-state index in [0.717, 1.165) is 31.2 Å². The van der Waals surface area contributed by atoms with Gasteiger partial charge in [0.1, 0.15) is 5.82 Å². The number of benzene rings is 1. The second-order valence-electron chi connectivity index (χ2n) is 4.73. The lowest BCUT2D eigenvalue weighted by Crippen LogP contribution is -2.27. The molecule has 0 atom stereocenters. The molecule has 0 bridgehead atoms. The Labute approximate surface area is 101 Å². The molecule has 88 valence electrons. The number of rotatable bonds is 1. The van der Waals surface area contributed by atoms with Crippen LogP contribution < -0.4 is 5.32 Å². The molecule has 0 fully saturated rings. The van der Waals surface area contributed by atoms with Crippen molar-refractivity contribution in [2.75, 3.05) is 6.54 Å². The van der Waals surface area contributed by atoms with Gasteiger partial charge in [-0.3, -0.25) is 0 Å². The molecule has 3 heteroatoms. The van der Waals surface area contributed by atoms with E-state index in [1.54, 1.807) is 0 Å². The molecule has 0 radical (unpaired) electrons. The lowest BCUT2D eigenvalue weighted by Gasteiger charge is -2.13. The average Bonchev–Trinajstić information content (AvgIpc) is 2.75. The number of fused-ring (bicyclic) bond motifs is 1. The van der Waals surface area contributed by atoms with Gasteiger partial charge in [-0.1, -0.05) is 17.7 Å². The molecule has 1 aromatic carbocycles. The summed E-state index contributed by atoms with van der Waals surface area (Å²) in [5.41, 5.74) is 4.94. The summed E-state index contributed by atoms with van der Waals surface area (Å²) in [6.45, 7) is 7.21. The van der Waals surface area contributed by atoms with Crippen molar-refractivity contribution in [2.45, 2.75) is 26.9 Å². The fourth-order valence-corrected chi connectivity index (χ4v) is 2.33. The first-order chi connectivity index (χ1) is 8.24. The summed E-state index contributed by atoms with van der Waals surface area (Å²) < 4.78 is 2.26. The molecule has 1 aliphatic rings. The molecule has 3 rings (SSSR count). The van der Waals surface area contributed by atoms with Crippen LogP contribution in [0.2, 0.25) is 0 Å². The first kappa shape index (κ1) is 10.5. The van der Waals surface area contributed by atoms with Gasteiger partial charge in [0.05, 0.1) is 12.2 Å². The van der Waals surface area contributed by atoms with Crippen LogP contribution in [-0.4, -0.2) is 16.1 Å². The second-order valence-corrected chi connectivity index (χ2v) is 4.73. The highest BCUT2D eigenvalue weighted by Crippen LogP contribution is 2.24. The maximum Gasteiger partial charge on any atom is 0.123 e. The highest BCUT2D eigenvalue weighted by Gasteiger charge is 2.13. The van der Waals surface area contributed by atoms with Crippen LogP contribution in [0.3, 0.4) is 0 Å². The van der Waals surface area contributed by atoms with E-state index in [-0.39, 0.29) is 0 Å². The molecule has 17 heavy (non-hydrogen) atoms. The summed E-state index contributed by atoms with van der Waals surface area (Å²) in [4.78, 5) is 4.72. The number of nitrogens with one attached hydrogen (secondary N) is 1. The van der Waals surface area contributed by atoms with Crippen molar-refractivity contribution >= 4 is 0 Å². The topological polar surface area (TPSA) is 29.9 Å². The highest BCUT2D eigenvalue weighted by atomic mass is 15.1. The smallest absolute Gasteiger partial charge is 0.123 e. The van der Waals surface area contributed by atoms with Crippen molar-refractivity contribution in [3.63, 3.8) is 0 Å². The Morgan fingerprint density at radius 1 is 1.29 bits per heavy atom. The minimum absolute atomic E-state index is 0.880. The summed E-state index contributed by atoms with van der Waals surface area (Å²) in [6, 6.07) is 6.54. The van der Waals surface area contributed by atoms with Gasteiger partial charge in [-0.2, -0.15) is 0 Å². The van der Waals surface area contributed by atoms with Crippen molar-refractivity contribution in [1.29, 1.82) is 0 Å². The lowest BCUT2D eigenvalue weighted by atomic mass is 10.0. The van der Waals surface area contributed by atoms with Gasteiger partial charge in [0.25, 0.3) is 0 Å². The van der Waals surface area contributed by atoms with Crippen LogP contribution in [0.15, 0.2) is 24.4 Å². The molecule has 1 aromatic heterocycles. The van der Waals surface area contributed by atoms with Crippen molar-refractivity contribution in [2.24, 2.45) is 0 Å². The van der Waals surface area contributed by atoms with Crippen molar-refractivity contribution in [1.82, 2.24) is 14.9 Å². The van der Waals surface area contributed by atoms with Crippen LogP contribution in [0, 0.1) is 13.8 Å². The molecular formula is C14H17N3. The zero-order valence-corrected chi connectivity index (χ0v) is 10.3. The molecule has 2 heterocycles. The van der Waals surface area contributed by atoms with Crippen LogP contribution in [0.1, 0.15) is 17.0 Å². The van der Waals surface area contributed by atoms with E-state index >= 15 is 0 Å². The summed E-state index contributed by atoms with van der Waals surface area (Å²) >= 11 is 0. The van der Waals surface area contributed by atoms with Gasteiger partial charge in [0.15, 0.2) is 0 Å². The Morgan fingerprint density at radius 3 is 3.00 bits per heavy atom. The third-order valence-corrected chi connectivity index (χ3v) is 3.34. The largest absolute Gasteiger partial charge is 0.332 e. The third kappa shape index (κ3) is 1.87. The number of imidazole rings is 1. The molecule has 1 N–H and O–H groups in total. The van der Waals surface area contributed by atoms with E-state index in [4.69, 9.17) is 4.98 Å². The number of aromatic nitrogens is 2. The van der Waals surface area contributed by atoms with E-state index in [9.17, 15) is 0 Å². The Hall–Kier alpha value is -1.61. The summed E-state index contributed by atoms with van der Waals surface area (Å²) in [5.74, 6) is 1.15. The number of hydrogen-bond donors (Lipinski definition) is 1. The third-order valence-electron chi connectivity index (χ3n) is 3.34. The molecule has 1 aliphatic heterocycles.